The van der Waals surface area contributed by atoms with Crippen LogP contribution in [0.15, 0.2) is 89.3 Å². The molecule has 0 radical (unpaired) electrons. The van der Waals surface area contributed by atoms with Crippen LogP contribution in [0.4, 0.5) is 40.0 Å². The molecule has 354 valence electrons. The van der Waals surface area contributed by atoms with E-state index < -0.39 is 0 Å². The van der Waals surface area contributed by atoms with Crippen LogP contribution in [0.1, 0.15) is 182 Å². The monoisotopic (exact) mass is 904 g/mol. The highest BCUT2D eigenvalue weighted by Crippen LogP contribution is 2.57. The number of rotatable bonds is 3. The second-order valence-electron chi connectivity index (χ2n) is 27.1. The molecule has 2 fully saturated rings. The SMILES string of the molecule is Cc1cc2c3c(c1)N(c1ccc(C(C)(C)C)cc1)c1oc4cc5c(cc4c1B3c1ccc(N3CCC4(C)CCCCC34C)cc1N2c1cc(C(C)(C)C)cc(C(C)(C)C)c1)C(C)(C)CCC5(C)C. The van der Waals surface area contributed by atoms with E-state index in [0.717, 1.165) is 30.1 Å². The standard InChI is InChI=1S/C63H78BN3O/c1-39-31-51-55-52(32-39)67(43-21-19-40(20-22-43)57(2,3)4)56-54(46-37-47-48(38-53(46)68-56)61(13,14)28-27-60(47,11)12)64(55)49-24-23-44(65-30-29-62(15)25-17-18-26-63(62,65)16)36-50(49)66(51)45-34-41(58(5,6)7)33-42(35-45)59(8,9)10/h19-24,31-38H,17-18,25-30H2,1-16H3. The van der Waals surface area contributed by atoms with Crippen LogP contribution < -0.4 is 31.1 Å². The summed E-state index contributed by atoms with van der Waals surface area (Å²) in [7, 11) is 0. The van der Waals surface area contributed by atoms with Crippen LogP contribution in [0.25, 0.3) is 11.0 Å². The fraction of sp³-hybridized carbons (Fsp3) is 0.492. The second kappa shape index (κ2) is 14.6. The van der Waals surface area contributed by atoms with Crippen molar-refractivity contribution in [1.29, 1.82) is 0 Å². The van der Waals surface area contributed by atoms with E-state index in [-0.39, 0.29) is 39.3 Å². The normalized spacial score (nSPS) is 22.8. The van der Waals surface area contributed by atoms with Gasteiger partial charge in [-0.25, -0.2) is 0 Å². The Bertz CT molecular complexity index is 3010. The van der Waals surface area contributed by atoms with Gasteiger partial charge in [-0.1, -0.05) is 134 Å². The molecule has 5 heteroatoms. The van der Waals surface area contributed by atoms with Crippen molar-refractivity contribution in [1.82, 2.24) is 0 Å². The second-order valence-corrected chi connectivity index (χ2v) is 27.1. The molecule has 0 N–H and O–H groups in total. The molecule has 2 aliphatic carbocycles. The summed E-state index contributed by atoms with van der Waals surface area (Å²) in [6.07, 6.45) is 8.78. The molecule has 5 aromatic carbocycles. The third-order valence-electron chi connectivity index (χ3n) is 18.4. The Morgan fingerprint density at radius 3 is 1.71 bits per heavy atom. The minimum Gasteiger partial charge on any atom is -0.440 e. The number of nitrogens with zero attached hydrogens (tertiary/aromatic N) is 3. The number of furan rings is 1. The van der Waals surface area contributed by atoms with Crippen LogP contribution in [0.5, 0.6) is 0 Å². The molecule has 4 heterocycles. The molecular weight excluding hydrogens is 826 g/mol. The van der Waals surface area contributed by atoms with Gasteiger partial charge in [0.1, 0.15) is 5.58 Å². The lowest BCUT2D eigenvalue weighted by Gasteiger charge is -2.50. The lowest BCUT2D eigenvalue weighted by molar-refractivity contribution is 0.127. The predicted molar refractivity (Wildman–Crippen MR) is 293 cm³/mol. The Morgan fingerprint density at radius 1 is 0.515 bits per heavy atom. The van der Waals surface area contributed by atoms with E-state index in [1.165, 1.54) is 122 Å². The Kier molecular flexibility index (Phi) is 9.77. The van der Waals surface area contributed by atoms with Crippen molar-refractivity contribution in [2.45, 2.75) is 188 Å². The molecule has 11 rings (SSSR count). The zero-order valence-corrected chi connectivity index (χ0v) is 44.6. The number of hydrogen-bond acceptors (Lipinski definition) is 4. The van der Waals surface area contributed by atoms with E-state index in [9.17, 15) is 0 Å². The van der Waals surface area contributed by atoms with Crippen molar-refractivity contribution in [3.8, 4) is 0 Å². The van der Waals surface area contributed by atoms with Gasteiger partial charge in [0.05, 0.1) is 0 Å². The zero-order valence-electron chi connectivity index (χ0n) is 44.6. The first kappa shape index (κ1) is 45.5. The summed E-state index contributed by atoms with van der Waals surface area (Å²) >= 11 is 0. The largest absolute Gasteiger partial charge is 0.440 e. The molecule has 2 unspecified atom stereocenters. The molecule has 5 aliphatic rings. The molecule has 4 nitrogen and oxygen atoms in total. The number of aryl methyl sites for hydroxylation is 1. The van der Waals surface area contributed by atoms with Crippen LogP contribution in [0.3, 0.4) is 0 Å². The summed E-state index contributed by atoms with van der Waals surface area (Å²) in [5.74, 6) is 0.953. The molecule has 1 aromatic heterocycles. The van der Waals surface area contributed by atoms with Crippen molar-refractivity contribution >= 4 is 74.1 Å². The van der Waals surface area contributed by atoms with Crippen molar-refractivity contribution in [2.75, 3.05) is 21.2 Å². The van der Waals surface area contributed by atoms with E-state index in [2.05, 4.69) is 210 Å². The van der Waals surface area contributed by atoms with E-state index in [0.29, 0.717) is 5.41 Å². The lowest BCUT2D eigenvalue weighted by Crippen LogP contribution is -2.61. The van der Waals surface area contributed by atoms with Crippen LogP contribution >= 0.6 is 0 Å². The van der Waals surface area contributed by atoms with Crippen molar-refractivity contribution in [3.63, 3.8) is 0 Å². The summed E-state index contributed by atoms with van der Waals surface area (Å²) in [6.45, 7) is 39.5. The first-order valence-electron chi connectivity index (χ1n) is 26.2. The van der Waals surface area contributed by atoms with Gasteiger partial charge in [-0.05, 0) is 183 Å². The van der Waals surface area contributed by atoms with Gasteiger partial charge in [0.15, 0.2) is 0 Å². The van der Waals surface area contributed by atoms with Gasteiger partial charge in [0, 0.05) is 57.1 Å². The Labute approximate surface area is 410 Å². The first-order chi connectivity index (χ1) is 31.7. The first-order valence-corrected chi connectivity index (χ1v) is 26.2. The number of benzene rings is 5. The fourth-order valence-corrected chi connectivity index (χ4v) is 13.5. The van der Waals surface area contributed by atoms with Gasteiger partial charge in [-0.2, -0.15) is 0 Å². The third kappa shape index (κ3) is 6.73. The topological polar surface area (TPSA) is 22.9 Å². The maximum Gasteiger partial charge on any atom is 0.257 e. The Morgan fingerprint density at radius 2 is 1.09 bits per heavy atom. The van der Waals surface area contributed by atoms with Gasteiger partial charge in [-0.15, -0.1) is 0 Å². The summed E-state index contributed by atoms with van der Waals surface area (Å²) in [4.78, 5) is 8.00. The molecule has 68 heavy (non-hydrogen) atoms. The lowest BCUT2D eigenvalue weighted by atomic mass is 9.33. The highest BCUT2D eigenvalue weighted by atomic mass is 16.4. The summed E-state index contributed by atoms with van der Waals surface area (Å²) < 4.78 is 7.50. The smallest absolute Gasteiger partial charge is 0.257 e. The quantitative estimate of drug-likeness (QED) is 0.165. The molecular formula is C63H78BN3O. The maximum atomic E-state index is 7.50. The third-order valence-corrected chi connectivity index (χ3v) is 18.4. The van der Waals surface area contributed by atoms with E-state index in [4.69, 9.17) is 4.42 Å². The molecule has 0 bridgehead atoms. The van der Waals surface area contributed by atoms with E-state index in [1.807, 2.05) is 0 Å². The molecule has 6 aromatic rings. The number of anilines is 7. The van der Waals surface area contributed by atoms with Crippen molar-refractivity contribution < 1.29 is 4.42 Å². The van der Waals surface area contributed by atoms with Crippen LogP contribution in [-0.2, 0) is 27.1 Å². The van der Waals surface area contributed by atoms with Crippen LogP contribution in [0.2, 0.25) is 0 Å². The van der Waals surface area contributed by atoms with Crippen LogP contribution in [0, 0.1) is 12.3 Å². The Hall–Kier alpha value is -4.90. The zero-order chi connectivity index (χ0) is 48.5. The Balaban J connectivity index is 1.24. The average molecular weight is 904 g/mol. The summed E-state index contributed by atoms with van der Waals surface area (Å²) in [6, 6.07) is 34.4. The molecule has 2 atom stereocenters. The van der Waals surface area contributed by atoms with Crippen molar-refractivity contribution in [3.05, 3.63) is 118 Å². The summed E-state index contributed by atoms with van der Waals surface area (Å²) in [5.41, 5.74) is 21.2. The molecule has 3 aliphatic heterocycles. The van der Waals surface area contributed by atoms with Gasteiger partial charge in [0.25, 0.3) is 6.71 Å². The highest BCUT2D eigenvalue weighted by molar-refractivity contribution is 7.01. The molecule has 1 saturated heterocycles. The predicted octanol–water partition coefficient (Wildman–Crippen LogP) is 15.6. The minimum atomic E-state index is -0.0398. The maximum absolute atomic E-state index is 7.50. The molecule has 1 saturated carbocycles. The van der Waals surface area contributed by atoms with Gasteiger partial charge < -0.3 is 14.2 Å². The van der Waals surface area contributed by atoms with Crippen LogP contribution in [-0.4, -0.2) is 18.8 Å². The van der Waals surface area contributed by atoms with E-state index >= 15 is 0 Å². The van der Waals surface area contributed by atoms with Gasteiger partial charge in [-0.3, -0.25) is 4.90 Å². The molecule has 0 spiro atoms. The average Bonchev–Trinajstić information content (AvgIpc) is 3.77. The van der Waals surface area contributed by atoms with Crippen molar-refractivity contribution in [2.24, 2.45) is 5.41 Å². The number of hydrogen-bond donors (Lipinski definition) is 0. The van der Waals surface area contributed by atoms with Gasteiger partial charge in [0.2, 0.25) is 5.88 Å². The van der Waals surface area contributed by atoms with E-state index in [1.54, 1.807) is 0 Å². The highest BCUT2D eigenvalue weighted by Gasteiger charge is 2.55. The number of fused-ring (bicyclic) bond motifs is 8. The summed E-state index contributed by atoms with van der Waals surface area (Å²) in [5, 5.41) is 1.25. The fourth-order valence-electron chi connectivity index (χ4n) is 13.5. The van der Waals surface area contributed by atoms with Gasteiger partial charge >= 0.3 is 0 Å². The minimum absolute atomic E-state index is 0.0376. The molecule has 0 amide bonds.